The van der Waals surface area contributed by atoms with Gasteiger partial charge in [0.25, 0.3) is 0 Å². The molecule has 0 saturated carbocycles. The normalized spacial score (nSPS) is 18.5. The predicted octanol–water partition coefficient (Wildman–Crippen LogP) is 4.68. The SMILES string of the molecule is COC(=O)CCCCCCN1C(=O)CC[C@@H]1C=C[C@@H](O)C(C)CCCc1ccccc1. The van der Waals surface area contributed by atoms with Gasteiger partial charge in [0.15, 0.2) is 0 Å². The Morgan fingerprint density at radius 1 is 1.19 bits per heavy atom. The average Bonchev–Trinajstić information content (AvgIpc) is 3.14. The molecule has 1 aromatic carbocycles. The van der Waals surface area contributed by atoms with E-state index in [-0.39, 0.29) is 23.8 Å². The summed E-state index contributed by atoms with van der Waals surface area (Å²) in [4.78, 5) is 25.3. The molecular formula is C26H39NO4. The monoisotopic (exact) mass is 429 g/mol. The third kappa shape index (κ3) is 9.26. The average molecular weight is 430 g/mol. The van der Waals surface area contributed by atoms with Gasteiger partial charge < -0.3 is 14.7 Å². The minimum Gasteiger partial charge on any atom is -0.469 e. The number of carbonyl (C=O) groups excluding carboxylic acids is 2. The van der Waals surface area contributed by atoms with Crippen molar-refractivity contribution in [3.05, 3.63) is 48.0 Å². The molecule has 31 heavy (non-hydrogen) atoms. The van der Waals surface area contributed by atoms with Crippen LogP contribution in [-0.4, -0.2) is 47.7 Å². The number of rotatable bonds is 14. The van der Waals surface area contributed by atoms with Crippen LogP contribution < -0.4 is 0 Å². The maximum absolute atomic E-state index is 12.3. The summed E-state index contributed by atoms with van der Waals surface area (Å²) in [5.74, 6) is 0.239. The number of methoxy groups -OCH3 is 1. The number of likely N-dealkylation sites (tertiary alicyclic amines) is 1. The van der Waals surface area contributed by atoms with Gasteiger partial charge in [-0.05, 0) is 50.0 Å². The fraction of sp³-hybridized carbons (Fsp3) is 0.615. The van der Waals surface area contributed by atoms with E-state index in [9.17, 15) is 14.7 Å². The van der Waals surface area contributed by atoms with Gasteiger partial charge in [0.2, 0.25) is 5.91 Å². The lowest BCUT2D eigenvalue weighted by Crippen LogP contribution is -2.33. The Morgan fingerprint density at radius 2 is 1.94 bits per heavy atom. The number of carbonyl (C=O) groups is 2. The Labute approximate surface area is 187 Å². The van der Waals surface area contributed by atoms with Crippen LogP contribution in [0, 0.1) is 5.92 Å². The van der Waals surface area contributed by atoms with Crippen molar-refractivity contribution < 1.29 is 19.4 Å². The zero-order valence-corrected chi connectivity index (χ0v) is 19.2. The molecule has 5 heteroatoms. The molecule has 1 aromatic rings. The van der Waals surface area contributed by atoms with Crippen LogP contribution in [0.4, 0.5) is 0 Å². The molecule has 0 aromatic heterocycles. The van der Waals surface area contributed by atoms with Gasteiger partial charge in [-0.15, -0.1) is 0 Å². The van der Waals surface area contributed by atoms with Crippen LogP contribution >= 0.6 is 0 Å². The minimum absolute atomic E-state index is 0.0914. The summed E-state index contributed by atoms with van der Waals surface area (Å²) in [7, 11) is 1.41. The maximum Gasteiger partial charge on any atom is 0.305 e. The fourth-order valence-corrected chi connectivity index (χ4v) is 4.13. The van der Waals surface area contributed by atoms with E-state index in [0.717, 1.165) is 57.9 Å². The van der Waals surface area contributed by atoms with Gasteiger partial charge in [-0.3, -0.25) is 9.59 Å². The van der Waals surface area contributed by atoms with E-state index >= 15 is 0 Å². The second-order valence-corrected chi connectivity index (χ2v) is 8.66. The summed E-state index contributed by atoms with van der Waals surface area (Å²) in [5.41, 5.74) is 1.34. The molecule has 0 aliphatic carbocycles. The Morgan fingerprint density at radius 3 is 2.68 bits per heavy atom. The largest absolute Gasteiger partial charge is 0.469 e. The second-order valence-electron chi connectivity index (χ2n) is 8.66. The van der Waals surface area contributed by atoms with Gasteiger partial charge >= 0.3 is 5.97 Å². The van der Waals surface area contributed by atoms with E-state index in [1.165, 1.54) is 12.7 Å². The molecule has 1 unspecified atom stereocenters. The first kappa shape index (κ1) is 25.1. The lowest BCUT2D eigenvalue weighted by Gasteiger charge is -2.23. The molecule has 1 aliphatic rings. The standard InChI is InChI=1S/C26H39NO4/c1-21(11-10-14-22-12-6-5-7-13-22)24(28)18-16-23-17-19-25(29)27(23)20-9-4-3-8-15-26(30)31-2/h5-7,12-13,16,18,21,23-24,28H,3-4,8-11,14-15,17,19-20H2,1-2H3/t21?,23-,24+/m0/s1. The Bertz CT molecular complexity index is 688. The predicted molar refractivity (Wildman–Crippen MR) is 124 cm³/mol. The molecule has 2 rings (SSSR count). The Kier molecular flexibility index (Phi) is 11.4. The van der Waals surface area contributed by atoms with E-state index in [2.05, 4.69) is 35.9 Å². The molecule has 0 radical (unpaired) electrons. The van der Waals surface area contributed by atoms with Crippen molar-refractivity contribution >= 4 is 11.9 Å². The molecule has 1 N–H and O–H groups in total. The van der Waals surface area contributed by atoms with E-state index in [0.29, 0.717) is 12.8 Å². The number of unbranched alkanes of at least 4 members (excludes halogenated alkanes) is 3. The van der Waals surface area contributed by atoms with Gasteiger partial charge in [0, 0.05) is 19.4 Å². The van der Waals surface area contributed by atoms with Crippen molar-refractivity contribution in [3.63, 3.8) is 0 Å². The first-order chi connectivity index (χ1) is 15.0. The summed E-state index contributed by atoms with van der Waals surface area (Å²) in [6.45, 7) is 2.83. The highest BCUT2D eigenvalue weighted by Crippen LogP contribution is 2.22. The first-order valence-electron chi connectivity index (χ1n) is 11.8. The van der Waals surface area contributed by atoms with Gasteiger partial charge in [0.05, 0.1) is 19.3 Å². The minimum atomic E-state index is -0.480. The van der Waals surface area contributed by atoms with Crippen LogP contribution in [0.3, 0.4) is 0 Å². The molecule has 0 bridgehead atoms. The number of aliphatic hydroxyl groups is 1. The smallest absolute Gasteiger partial charge is 0.305 e. The zero-order chi connectivity index (χ0) is 22.5. The fourth-order valence-electron chi connectivity index (χ4n) is 4.13. The van der Waals surface area contributed by atoms with Crippen LogP contribution in [-0.2, 0) is 20.7 Å². The van der Waals surface area contributed by atoms with Crippen molar-refractivity contribution in [1.82, 2.24) is 4.90 Å². The molecule has 1 fully saturated rings. The number of aliphatic hydroxyl groups excluding tert-OH is 1. The van der Waals surface area contributed by atoms with Crippen molar-refractivity contribution in [3.8, 4) is 0 Å². The molecule has 1 aliphatic heterocycles. The van der Waals surface area contributed by atoms with E-state index < -0.39 is 6.10 Å². The summed E-state index contributed by atoms with van der Waals surface area (Å²) in [6, 6.07) is 10.5. The maximum atomic E-state index is 12.3. The van der Waals surface area contributed by atoms with Crippen LogP contribution in [0.2, 0.25) is 0 Å². The van der Waals surface area contributed by atoms with Crippen LogP contribution in [0.15, 0.2) is 42.5 Å². The van der Waals surface area contributed by atoms with Crippen molar-refractivity contribution in [1.29, 1.82) is 0 Å². The first-order valence-corrected chi connectivity index (χ1v) is 11.8. The molecule has 1 heterocycles. The van der Waals surface area contributed by atoms with E-state index in [4.69, 9.17) is 0 Å². The molecule has 3 atom stereocenters. The molecule has 172 valence electrons. The molecule has 1 saturated heterocycles. The number of aryl methyl sites for hydroxylation is 1. The molecular weight excluding hydrogens is 390 g/mol. The summed E-state index contributed by atoms with van der Waals surface area (Å²) >= 11 is 0. The second kappa shape index (κ2) is 14.0. The van der Waals surface area contributed by atoms with Crippen molar-refractivity contribution in [2.45, 2.75) is 83.3 Å². The lowest BCUT2D eigenvalue weighted by molar-refractivity contribution is -0.140. The van der Waals surface area contributed by atoms with Crippen LogP contribution in [0.25, 0.3) is 0 Å². The topological polar surface area (TPSA) is 66.8 Å². The highest BCUT2D eigenvalue weighted by atomic mass is 16.5. The molecule has 1 amide bonds. The van der Waals surface area contributed by atoms with Gasteiger partial charge in [0.1, 0.15) is 0 Å². The van der Waals surface area contributed by atoms with Gasteiger partial charge in [-0.2, -0.15) is 0 Å². The lowest BCUT2D eigenvalue weighted by atomic mass is 9.95. The number of hydrogen-bond donors (Lipinski definition) is 1. The van der Waals surface area contributed by atoms with Crippen LogP contribution in [0.5, 0.6) is 0 Å². The molecule has 5 nitrogen and oxygen atoms in total. The third-order valence-corrected chi connectivity index (χ3v) is 6.21. The number of esters is 1. The number of benzene rings is 1. The summed E-state index contributed by atoms with van der Waals surface area (Å²) < 4.78 is 4.65. The van der Waals surface area contributed by atoms with Crippen molar-refractivity contribution in [2.24, 2.45) is 5.92 Å². The van der Waals surface area contributed by atoms with Gasteiger partial charge in [-0.1, -0.05) is 62.2 Å². The summed E-state index contributed by atoms with van der Waals surface area (Å²) in [6.07, 6.45) is 12.1. The third-order valence-electron chi connectivity index (χ3n) is 6.21. The van der Waals surface area contributed by atoms with Crippen LogP contribution in [0.1, 0.15) is 70.3 Å². The highest BCUT2D eigenvalue weighted by Gasteiger charge is 2.28. The van der Waals surface area contributed by atoms with Crippen molar-refractivity contribution in [2.75, 3.05) is 13.7 Å². The quantitative estimate of drug-likeness (QED) is 0.265. The number of amides is 1. The van der Waals surface area contributed by atoms with Gasteiger partial charge in [-0.25, -0.2) is 0 Å². The summed E-state index contributed by atoms with van der Waals surface area (Å²) in [5, 5.41) is 10.5. The number of hydrogen-bond acceptors (Lipinski definition) is 4. The number of nitrogens with zero attached hydrogens (tertiary/aromatic N) is 1. The zero-order valence-electron chi connectivity index (χ0n) is 19.2. The van der Waals surface area contributed by atoms with E-state index in [1.54, 1.807) is 0 Å². The Hall–Kier alpha value is -2.14. The molecule has 0 spiro atoms. The Balaban J connectivity index is 1.68. The number of ether oxygens (including phenoxy) is 1. The highest BCUT2D eigenvalue weighted by molar-refractivity contribution is 5.79. The van der Waals surface area contributed by atoms with E-state index in [1.807, 2.05) is 23.1 Å².